The Morgan fingerprint density at radius 1 is 1.11 bits per heavy atom. The fourth-order valence-corrected chi connectivity index (χ4v) is 4.10. The van der Waals surface area contributed by atoms with E-state index in [1.165, 1.54) is 25.7 Å². The molecule has 0 aromatic heterocycles. The second-order valence-electron chi connectivity index (χ2n) is 6.82. The van der Waals surface area contributed by atoms with Crippen LogP contribution in [0, 0.1) is 11.3 Å². The maximum absolute atomic E-state index is 6.16. The molecule has 2 heterocycles. The zero-order chi connectivity index (χ0) is 12.6. The van der Waals surface area contributed by atoms with Crippen LogP contribution in [0.3, 0.4) is 0 Å². The Labute approximate surface area is 111 Å². The van der Waals surface area contributed by atoms with Gasteiger partial charge in [-0.1, -0.05) is 6.92 Å². The van der Waals surface area contributed by atoms with E-state index in [0.29, 0.717) is 11.5 Å². The lowest BCUT2D eigenvalue weighted by molar-refractivity contribution is -0.152. The van der Waals surface area contributed by atoms with Crippen molar-refractivity contribution in [2.24, 2.45) is 11.3 Å². The molecule has 0 aromatic carbocycles. The zero-order valence-corrected chi connectivity index (χ0v) is 11.8. The Balaban J connectivity index is 1.69. The molecule has 2 aliphatic heterocycles. The molecule has 3 aliphatic rings. The smallest absolute Gasteiger partial charge is 0.0729 e. The summed E-state index contributed by atoms with van der Waals surface area (Å²) in [5.74, 6) is 0.786. The number of nitrogens with one attached hydrogen (secondary N) is 1. The van der Waals surface area contributed by atoms with Crippen LogP contribution >= 0.6 is 0 Å². The molecule has 3 nitrogen and oxygen atoms in total. The van der Waals surface area contributed by atoms with Crippen molar-refractivity contribution in [3.63, 3.8) is 0 Å². The van der Waals surface area contributed by atoms with E-state index in [9.17, 15) is 0 Å². The van der Waals surface area contributed by atoms with E-state index in [1.807, 2.05) is 0 Å². The summed E-state index contributed by atoms with van der Waals surface area (Å²) < 4.78 is 11.7. The van der Waals surface area contributed by atoms with E-state index in [4.69, 9.17) is 9.47 Å². The third kappa shape index (κ3) is 2.33. The molecule has 0 aromatic rings. The largest absolute Gasteiger partial charge is 0.381 e. The van der Waals surface area contributed by atoms with Crippen LogP contribution in [0.2, 0.25) is 0 Å². The molecule has 3 rings (SSSR count). The van der Waals surface area contributed by atoms with Gasteiger partial charge in [-0.3, -0.25) is 0 Å². The average Bonchev–Trinajstić information content (AvgIpc) is 3.10. The molecule has 0 radical (unpaired) electrons. The van der Waals surface area contributed by atoms with E-state index in [0.717, 1.165) is 38.6 Å². The van der Waals surface area contributed by atoms with Crippen molar-refractivity contribution in [2.45, 2.75) is 57.1 Å². The summed E-state index contributed by atoms with van der Waals surface area (Å²) in [6, 6.07) is 0.682. The van der Waals surface area contributed by atoms with Crippen LogP contribution in [0.4, 0.5) is 0 Å². The lowest BCUT2D eigenvalue weighted by Gasteiger charge is -2.46. The van der Waals surface area contributed by atoms with Gasteiger partial charge in [0.2, 0.25) is 0 Å². The van der Waals surface area contributed by atoms with Gasteiger partial charge in [0.15, 0.2) is 0 Å². The van der Waals surface area contributed by atoms with Crippen molar-refractivity contribution in [2.75, 3.05) is 26.9 Å². The van der Waals surface area contributed by atoms with Gasteiger partial charge in [-0.05, 0) is 56.9 Å². The number of rotatable bonds is 3. The molecule has 18 heavy (non-hydrogen) atoms. The number of hydrogen-bond acceptors (Lipinski definition) is 3. The summed E-state index contributed by atoms with van der Waals surface area (Å²) in [4.78, 5) is 0. The van der Waals surface area contributed by atoms with E-state index in [-0.39, 0.29) is 5.60 Å². The van der Waals surface area contributed by atoms with Crippen LogP contribution in [0.5, 0.6) is 0 Å². The Hall–Kier alpha value is -0.120. The van der Waals surface area contributed by atoms with Crippen LogP contribution < -0.4 is 5.32 Å². The van der Waals surface area contributed by atoms with Crippen LogP contribution in [-0.4, -0.2) is 38.5 Å². The molecule has 2 unspecified atom stereocenters. The first kappa shape index (κ1) is 12.9. The molecule has 3 heteroatoms. The SMILES string of the molecule is CNC(C1CCOC2(CCOCC2)C1)C1(C)CC1. The molecule has 1 aliphatic carbocycles. The maximum atomic E-state index is 6.16. The second-order valence-corrected chi connectivity index (χ2v) is 6.82. The Bertz CT molecular complexity index is 289. The summed E-state index contributed by atoms with van der Waals surface area (Å²) in [5, 5.41) is 3.61. The third-order valence-corrected chi connectivity index (χ3v) is 5.51. The fourth-order valence-electron chi connectivity index (χ4n) is 4.10. The molecule has 1 N–H and O–H groups in total. The van der Waals surface area contributed by atoms with Crippen molar-refractivity contribution < 1.29 is 9.47 Å². The minimum absolute atomic E-state index is 0.140. The predicted octanol–water partition coefficient (Wildman–Crippen LogP) is 2.35. The summed E-state index contributed by atoms with van der Waals surface area (Å²) in [7, 11) is 2.14. The second kappa shape index (κ2) is 4.77. The molecule has 3 fully saturated rings. The van der Waals surface area contributed by atoms with Crippen LogP contribution in [-0.2, 0) is 9.47 Å². The Morgan fingerprint density at radius 3 is 2.44 bits per heavy atom. The lowest BCUT2D eigenvalue weighted by Crippen LogP contribution is -2.50. The molecule has 1 saturated carbocycles. The van der Waals surface area contributed by atoms with Crippen molar-refractivity contribution in [1.82, 2.24) is 5.32 Å². The standard InChI is InChI=1S/C15H27NO2/c1-14(4-5-14)13(16-2)12-3-8-18-15(11-12)6-9-17-10-7-15/h12-13,16H,3-11H2,1-2H3. The Morgan fingerprint density at radius 2 is 1.83 bits per heavy atom. The van der Waals surface area contributed by atoms with Gasteiger partial charge in [0.1, 0.15) is 0 Å². The van der Waals surface area contributed by atoms with Gasteiger partial charge in [0, 0.05) is 25.9 Å². The fraction of sp³-hybridized carbons (Fsp3) is 1.00. The van der Waals surface area contributed by atoms with Gasteiger partial charge in [-0.25, -0.2) is 0 Å². The molecular formula is C15H27NO2. The quantitative estimate of drug-likeness (QED) is 0.837. The highest BCUT2D eigenvalue weighted by molar-refractivity contribution is 5.03. The van der Waals surface area contributed by atoms with Crippen LogP contribution in [0.25, 0.3) is 0 Å². The van der Waals surface area contributed by atoms with Gasteiger partial charge >= 0.3 is 0 Å². The van der Waals surface area contributed by atoms with Gasteiger partial charge in [-0.15, -0.1) is 0 Å². The van der Waals surface area contributed by atoms with E-state index >= 15 is 0 Å². The molecule has 1 spiro atoms. The van der Waals surface area contributed by atoms with Crippen LogP contribution in [0.1, 0.15) is 45.4 Å². The van der Waals surface area contributed by atoms with E-state index < -0.39 is 0 Å². The molecule has 0 bridgehead atoms. The maximum Gasteiger partial charge on any atom is 0.0729 e. The van der Waals surface area contributed by atoms with Gasteiger partial charge in [-0.2, -0.15) is 0 Å². The van der Waals surface area contributed by atoms with Gasteiger partial charge in [0.25, 0.3) is 0 Å². The summed E-state index contributed by atoms with van der Waals surface area (Å²) >= 11 is 0. The molecule has 104 valence electrons. The van der Waals surface area contributed by atoms with Gasteiger partial charge in [0.05, 0.1) is 5.60 Å². The first-order valence-electron chi connectivity index (χ1n) is 7.57. The summed E-state index contributed by atoms with van der Waals surface area (Å²) in [6.07, 6.45) is 7.44. The van der Waals surface area contributed by atoms with Crippen molar-refractivity contribution in [3.8, 4) is 0 Å². The first-order valence-corrected chi connectivity index (χ1v) is 7.57. The number of hydrogen-bond donors (Lipinski definition) is 1. The minimum atomic E-state index is 0.140. The van der Waals surface area contributed by atoms with E-state index in [2.05, 4.69) is 19.3 Å². The molecule has 0 amide bonds. The highest BCUT2D eigenvalue weighted by atomic mass is 16.5. The van der Waals surface area contributed by atoms with E-state index in [1.54, 1.807) is 0 Å². The summed E-state index contributed by atoms with van der Waals surface area (Å²) in [5.41, 5.74) is 0.699. The lowest BCUT2D eigenvalue weighted by atomic mass is 9.74. The van der Waals surface area contributed by atoms with Crippen LogP contribution in [0.15, 0.2) is 0 Å². The molecule has 2 atom stereocenters. The van der Waals surface area contributed by atoms with Crippen molar-refractivity contribution >= 4 is 0 Å². The zero-order valence-electron chi connectivity index (χ0n) is 11.8. The molecular weight excluding hydrogens is 226 g/mol. The first-order chi connectivity index (χ1) is 8.68. The third-order valence-electron chi connectivity index (χ3n) is 5.51. The summed E-state index contributed by atoms with van der Waals surface area (Å²) in [6.45, 7) is 5.15. The highest BCUT2D eigenvalue weighted by Gasteiger charge is 2.50. The average molecular weight is 253 g/mol. The highest BCUT2D eigenvalue weighted by Crippen LogP contribution is 2.53. The Kier molecular flexibility index (Phi) is 3.41. The molecule has 2 saturated heterocycles. The topological polar surface area (TPSA) is 30.5 Å². The predicted molar refractivity (Wildman–Crippen MR) is 71.6 cm³/mol. The minimum Gasteiger partial charge on any atom is -0.381 e. The van der Waals surface area contributed by atoms with Crippen molar-refractivity contribution in [3.05, 3.63) is 0 Å². The normalized spacial score (nSPS) is 35.3. The number of ether oxygens (including phenoxy) is 2. The monoisotopic (exact) mass is 253 g/mol. The van der Waals surface area contributed by atoms with Gasteiger partial charge < -0.3 is 14.8 Å². The van der Waals surface area contributed by atoms with Crippen molar-refractivity contribution in [1.29, 1.82) is 0 Å².